The minimum Gasteiger partial charge on any atom is -0.298 e. The number of hydrogen-bond donors (Lipinski definition) is 2. The molecular formula is C18H17F2N5OS. The number of likely N-dealkylation sites (N-methyl/N-ethyl adjacent to an activating group) is 1. The Hall–Kier alpha value is -2.65. The summed E-state index contributed by atoms with van der Waals surface area (Å²) in [6.07, 6.45) is 2.09. The normalized spacial score (nSPS) is 14.2. The van der Waals surface area contributed by atoms with E-state index in [9.17, 15) is 13.6 Å². The lowest BCUT2D eigenvalue weighted by Crippen LogP contribution is -2.29. The van der Waals surface area contributed by atoms with E-state index in [-0.39, 0.29) is 16.8 Å². The average Bonchev–Trinajstić information content (AvgIpc) is 3.27. The van der Waals surface area contributed by atoms with Crippen LogP contribution in [0.4, 0.5) is 13.9 Å². The Morgan fingerprint density at radius 3 is 2.89 bits per heavy atom. The first-order chi connectivity index (χ1) is 13.1. The summed E-state index contributed by atoms with van der Waals surface area (Å²) >= 11 is 1.42. The maximum absolute atomic E-state index is 14.1. The monoisotopic (exact) mass is 389 g/mol. The second-order valence-electron chi connectivity index (χ2n) is 6.22. The number of amides is 1. The summed E-state index contributed by atoms with van der Waals surface area (Å²) in [7, 11) is 0. The standard InChI is InChI=1S/C18H17F2N5OS/c1-2-25-7-6-13-14(9-25)27-18(22-13)23-17(26)10-8-21-24-16(10)15-11(19)4-3-5-12(15)20/h3-5,8H,2,6-7,9H2,1H3,(H,21,24)(H,22,23,26). The van der Waals surface area contributed by atoms with E-state index < -0.39 is 17.5 Å². The van der Waals surface area contributed by atoms with Crippen molar-refractivity contribution in [3.05, 3.63) is 52.2 Å². The van der Waals surface area contributed by atoms with Crippen molar-refractivity contribution in [3.63, 3.8) is 0 Å². The number of nitrogens with one attached hydrogen (secondary N) is 2. The molecule has 0 radical (unpaired) electrons. The summed E-state index contributed by atoms with van der Waals surface area (Å²) in [5, 5.41) is 9.51. The number of carbonyl (C=O) groups excluding carboxylic acids is 1. The Morgan fingerprint density at radius 2 is 2.15 bits per heavy atom. The lowest BCUT2D eigenvalue weighted by Gasteiger charge is -2.23. The molecule has 1 aromatic carbocycles. The van der Waals surface area contributed by atoms with Gasteiger partial charge in [-0.05, 0) is 18.7 Å². The third-order valence-corrected chi connectivity index (χ3v) is 5.57. The van der Waals surface area contributed by atoms with Gasteiger partial charge in [-0.3, -0.25) is 20.1 Å². The van der Waals surface area contributed by atoms with Gasteiger partial charge in [-0.15, -0.1) is 11.3 Å². The fraction of sp³-hybridized carbons (Fsp3) is 0.278. The molecule has 27 heavy (non-hydrogen) atoms. The molecule has 3 heterocycles. The van der Waals surface area contributed by atoms with Crippen LogP contribution in [0.2, 0.25) is 0 Å². The van der Waals surface area contributed by atoms with Crippen LogP contribution in [0, 0.1) is 11.6 Å². The van der Waals surface area contributed by atoms with Crippen molar-refractivity contribution in [2.45, 2.75) is 19.9 Å². The lowest BCUT2D eigenvalue weighted by molar-refractivity contribution is 0.102. The molecule has 9 heteroatoms. The molecule has 1 aliphatic rings. The summed E-state index contributed by atoms with van der Waals surface area (Å²) in [5.74, 6) is -2.05. The fourth-order valence-electron chi connectivity index (χ4n) is 3.12. The number of aromatic nitrogens is 3. The largest absolute Gasteiger partial charge is 0.298 e. The quantitative estimate of drug-likeness (QED) is 0.717. The first-order valence-corrected chi connectivity index (χ1v) is 9.38. The second-order valence-corrected chi connectivity index (χ2v) is 7.30. The van der Waals surface area contributed by atoms with Gasteiger partial charge in [0.05, 0.1) is 28.7 Å². The van der Waals surface area contributed by atoms with Gasteiger partial charge in [-0.1, -0.05) is 13.0 Å². The van der Waals surface area contributed by atoms with E-state index in [1.54, 1.807) is 0 Å². The van der Waals surface area contributed by atoms with E-state index >= 15 is 0 Å². The van der Waals surface area contributed by atoms with Gasteiger partial charge in [0.2, 0.25) is 0 Å². The van der Waals surface area contributed by atoms with Gasteiger partial charge in [-0.25, -0.2) is 13.8 Å². The number of anilines is 1. The van der Waals surface area contributed by atoms with Crippen molar-refractivity contribution in [2.75, 3.05) is 18.4 Å². The molecular weight excluding hydrogens is 372 g/mol. The molecule has 6 nitrogen and oxygen atoms in total. The summed E-state index contributed by atoms with van der Waals surface area (Å²) in [6, 6.07) is 3.54. The number of H-pyrrole nitrogens is 1. The molecule has 1 amide bonds. The van der Waals surface area contributed by atoms with Crippen molar-refractivity contribution in [3.8, 4) is 11.3 Å². The summed E-state index contributed by atoms with van der Waals surface area (Å²) < 4.78 is 28.1. The molecule has 0 saturated carbocycles. The Bertz CT molecular complexity index is 979. The number of aromatic amines is 1. The first-order valence-electron chi connectivity index (χ1n) is 8.56. The molecule has 0 fully saturated rings. The molecule has 0 saturated heterocycles. The first kappa shape index (κ1) is 17.7. The van der Waals surface area contributed by atoms with Crippen molar-refractivity contribution < 1.29 is 13.6 Å². The average molecular weight is 389 g/mol. The Morgan fingerprint density at radius 1 is 1.37 bits per heavy atom. The van der Waals surface area contributed by atoms with Crippen LogP contribution in [-0.4, -0.2) is 39.1 Å². The van der Waals surface area contributed by atoms with Gasteiger partial charge >= 0.3 is 0 Å². The minimum atomic E-state index is -0.766. The summed E-state index contributed by atoms with van der Waals surface area (Å²) in [5.41, 5.74) is 0.744. The summed E-state index contributed by atoms with van der Waals surface area (Å²) in [6.45, 7) is 4.83. The molecule has 3 aromatic rings. The van der Waals surface area contributed by atoms with E-state index in [4.69, 9.17) is 0 Å². The van der Waals surface area contributed by atoms with E-state index in [2.05, 4.69) is 32.3 Å². The molecule has 2 aromatic heterocycles. The van der Waals surface area contributed by atoms with E-state index in [1.165, 1.54) is 23.6 Å². The highest BCUT2D eigenvalue weighted by atomic mass is 32.1. The molecule has 0 unspecified atom stereocenters. The van der Waals surface area contributed by atoms with Gasteiger partial charge in [0.1, 0.15) is 11.6 Å². The molecule has 0 bridgehead atoms. The third-order valence-electron chi connectivity index (χ3n) is 4.57. The molecule has 1 aliphatic heterocycles. The third kappa shape index (κ3) is 3.35. The number of halogens is 2. The Kier molecular flexibility index (Phi) is 4.71. The van der Waals surface area contributed by atoms with Gasteiger partial charge in [0.25, 0.3) is 5.91 Å². The SMILES string of the molecule is CCN1CCc2nc(NC(=O)c3cn[nH]c3-c3c(F)cccc3F)sc2C1. The fourth-order valence-corrected chi connectivity index (χ4v) is 4.17. The highest BCUT2D eigenvalue weighted by Crippen LogP contribution is 2.30. The molecule has 140 valence electrons. The molecule has 0 atom stereocenters. The van der Waals surface area contributed by atoms with Gasteiger partial charge in [0.15, 0.2) is 5.13 Å². The van der Waals surface area contributed by atoms with Crippen LogP contribution < -0.4 is 5.32 Å². The van der Waals surface area contributed by atoms with Crippen LogP contribution >= 0.6 is 11.3 Å². The highest BCUT2D eigenvalue weighted by Gasteiger charge is 2.24. The highest BCUT2D eigenvalue weighted by molar-refractivity contribution is 7.15. The van der Waals surface area contributed by atoms with E-state index in [0.717, 1.165) is 48.8 Å². The zero-order valence-corrected chi connectivity index (χ0v) is 15.4. The van der Waals surface area contributed by atoms with Crippen LogP contribution in [0.5, 0.6) is 0 Å². The smallest absolute Gasteiger partial charge is 0.261 e. The molecule has 0 spiro atoms. The Labute approximate surface area is 158 Å². The predicted molar refractivity (Wildman–Crippen MR) is 98.7 cm³/mol. The zero-order valence-electron chi connectivity index (χ0n) is 14.6. The number of rotatable bonds is 4. The number of nitrogens with zero attached hydrogens (tertiary/aromatic N) is 3. The van der Waals surface area contributed by atoms with Gasteiger partial charge in [-0.2, -0.15) is 5.10 Å². The number of thiazole rings is 1. The maximum Gasteiger partial charge on any atom is 0.261 e. The summed E-state index contributed by atoms with van der Waals surface area (Å²) in [4.78, 5) is 20.6. The molecule has 0 aliphatic carbocycles. The van der Waals surface area contributed by atoms with Crippen LogP contribution in [0.3, 0.4) is 0 Å². The number of fused-ring (bicyclic) bond motifs is 1. The van der Waals surface area contributed by atoms with Crippen molar-refractivity contribution in [1.29, 1.82) is 0 Å². The van der Waals surface area contributed by atoms with Gasteiger partial charge < -0.3 is 0 Å². The molecule has 4 rings (SSSR count). The zero-order chi connectivity index (χ0) is 19.0. The number of hydrogen-bond acceptors (Lipinski definition) is 5. The van der Waals surface area contributed by atoms with Crippen molar-refractivity contribution in [1.82, 2.24) is 20.1 Å². The number of benzene rings is 1. The van der Waals surface area contributed by atoms with Gasteiger partial charge in [0, 0.05) is 24.4 Å². The minimum absolute atomic E-state index is 0.00146. The van der Waals surface area contributed by atoms with E-state index in [1.807, 2.05) is 0 Å². The van der Waals surface area contributed by atoms with Crippen LogP contribution in [0.25, 0.3) is 11.3 Å². The van der Waals surface area contributed by atoms with Crippen LogP contribution in [0.15, 0.2) is 24.4 Å². The van der Waals surface area contributed by atoms with Crippen LogP contribution in [0.1, 0.15) is 27.9 Å². The number of carbonyl (C=O) groups is 1. The van der Waals surface area contributed by atoms with Crippen LogP contribution in [-0.2, 0) is 13.0 Å². The topological polar surface area (TPSA) is 73.9 Å². The lowest BCUT2D eigenvalue weighted by atomic mass is 10.1. The van der Waals surface area contributed by atoms with Crippen molar-refractivity contribution >= 4 is 22.4 Å². The second kappa shape index (κ2) is 7.16. The van der Waals surface area contributed by atoms with E-state index in [0.29, 0.717) is 5.13 Å². The van der Waals surface area contributed by atoms with Crippen molar-refractivity contribution in [2.24, 2.45) is 0 Å². The Balaban J connectivity index is 1.59. The maximum atomic E-state index is 14.1. The predicted octanol–water partition coefficient (Wildman–Crippen LogP) is 3.44. The molecule has 2 N–H and O–H groups in total.